The molecule has 216 valence electrons. The van der Waals surface area contributed by atoms with Gasteiger partial charge < -0.3 is 0 Å². The van der Waals surface area contributed by atoms with Crippen LogP contribution in [-0.4, -0.2) is 8.07 Å². The van der Waals surface area contributed by atoms with E-state index in [2.05, 4.69) is 80.2 Å². The number of hydrogen-bond donors (Lipinski definition) is 0. The Morgan fingerprint density at radius 1 is 0.615 bits per heavy atom. The van der Waals surface area contributed by atoms with Crippen molar-refractivity contribution in [2.75, 3.05) is 0 Å². The van der Waals surface area contributed by atoms with E-state index in [1.165, 1.54) is 119 Å². The van der Waals surface area contributed by atoms with Crippen molar-refractivity contribution in [2.45, 2.75) is 126 Å². The maximum atomic E-state index is 7.14. The van der Waals surface area contributed by atoms with Crippen LogP contribution in [0.25, 0.3) is 6.08 Å². The number of halogens is 3. The Hall–Kier alpha value is -0.0188. The van der Waals surface area contributed by atoms with Gasteiger partial charge >= 0.3 is 206 Å². The van der Waals surface area contributed by atoms with Crippen LogP contribution in [0.15, 0.2) is 60.7 Å². The minimum absolute atomic E-state index is 0.398. The summed E-state index contributed by atoms with van der Waals surface area (Å²) in [6, 6.07) is 20.8. The van der Waals surface area contributed by atoms with Gasteiger partial charge in [0.25, 0.3) is 0 Å². The van der Waals surface area contributed by atoms with E-state index >= 15 is 0 Å². The first-order chi connectivity index (χ1) is 18.9. The van der Waals surface area contributed by atoms with Crippen molar-refractivity contribution >= 4 is 47.3 Å². The molecule has 2 atom stereocenters. The first kappa shape index (κ1) is 33.5. The average Bonchev–Trinajstić information content (AvgIpc) is 3.35. The summed E-state index contributed by atoms with van der Waals surface area (Å²) in [4.78, 5) is 0. The summed E-state index contributed by atoms with van der Waals surface area (Å²) in [6.45, 7) is 4.79. The normalized spacial score (nSPS) is 18.3. The number of rotatable bonds is 20. The summed E-state index contributed by atoms with van der Waals surface area (Å²) in [5.41, 5.74) is 2.50. The van der Waals surface area contributed by atoms with Crippen LogP contribution < -0.4 is 5.19 Å². The molecule has 1 aliphatic carbocycles. The second-order valence-electron chi connectivity index (χ2n) is 12.0. The van der Waals surface area contributed by atoms with E-state index in [1.54, 1.807) is 0 Å². The predicted octanol–water partition coefficient (Wildman–Crippen LogP) is 12.3. The number of benzene rings is 2. The van der Waals surface area contributed by atoms with Gasteiger partial charge in [-0.3, -0.25) is 0 Å². The summed E-state index contributed by atoms with van der Waals surface area (Å²) in [5, 5.41) is 1.42. The fourth-order valence-electron chi connectivity index (χ4n) is 6.75. The van der Waals surface area contributed by atoms with Gasteiger partial charge in [0, 0.05) is 0 Å². The number of hydrogen-bond acceptors (Lipinski definition) is 0. The van der Waals surface area contributed by atoms with Crippen molar-refractivity contribution in [3.63, 3.8) is 0 Å². The second-order valence-corrected chi connectivity index (χ2v) is 29.5. The molecule has 2 aromatic carbocycles. The monoisotopic (exact) mass is 640 g/mol. The topological polar surface area (TPSA) is 0 Å². The molecule has 0 aromatic heterocycles. The van der Waals surface area contributed by atoms with E-state index in [0.717, 1.165) is 6.04 Å². The maximum absolute atomic E-state index is 7.14. The van der Waals surface area contributed by atoms with Crippen molar-refractivity contribution in [1.29, 1.82) is 0 Å². The quantitative estimate of drug-likeness (QED) is 0.0997. The zero-order chi connectivity index (χ0) is 28.0. The summed E-state index contributed by atoms with van der Waals surface area (Å²) in [5.74, 6) is 0. The zero-order valence-electron chi connectivity index (χ0n) is 24.5. The van der Waals surface area contributed by atoms with Crippen LogP contribution in [0.4, 0.5) is 0 Å². The van der Waals surface area contributed by atoms with Crippen molar-refractivity contribution in [3.8, 4) is 0 Å². The van der Waals surface area contributed by atoms with Crippen molar-refractivity contribution in [3.05, 3.63) is 71.8 Å². The fourth-order valence-corrected chi connectivity index (χ4v) is 26.9. The Labute approximate surface area is 256 Å². The van der Waals surface area contributed by atoms with Crippen LogP contribution in [0.5, 0.6) is 0 Å². The van der Waals surface area contributed by atoms with Crippen molar-refractivity contribution < 1.29 is 13.4 Å². The van der Waals surface area contributed by atoms with E-state index in [1.807, 2.05) is 0 Å². The fraction of sp³-hybridized carbons (Fsp3) is 0.588. The second kappa shape index (κ2) is 17.2. The van der Waals surface area contributed by atoms with Crippen LogP contribution >= 0.6 is 27.9 Å². The number of fused-ring (bicyclic) bond motifs is 1. The molecule has 0 nitrogen and oxygen atoms in total. The van der Waals surface area contributed by atoms with Gasteiger partial charge in [-0.05, 0) is 0 Å². The van der Waals surface area contributed by atoms with Gasteiger partial charge in [0.1, 0.15) is 0 Å². The number of unbranched alkanes of at least 4 members (excludes halogenated alkanes) is 15. The molecule has 0 amide bonds. The Morgan fingerprint density at radius 3 is 1.59 bits per heavy atom. The summed E-state index contributed by atoms with van der Waals surface area (Å²) >= 11 is -3.77. The molecule has 3 rings (SSSR count). The van der Waals surface area contributed by atoms with Gasteiger partial charge in [0.15, 0.2) is 0 Å². The molecular formula is C34H51Cl3SiTi. The molecule has 0 radical (unpaired) electrons. The molecule has 39 heavy (non-hydrogen) atoms. The van der Waals surface area contributed by atoms with Gasteiger partial charge in [-0.2, -0.15) is 0 Å². The van der Waals surface area contributed by atoms with Gasteiger partial charge in [-0.1, -0.05) is 51.9 Å². The van der Waals surface area contributed by atoms with Crippen LogP contribution in [-0.2, 0) is 16.7 Å². The van der Waals surface area contributed by atoms with Crippen LogP contribution in [0.3, 0.4) is 0 Å². The predicted molar refractivity (Wildman–Crippen MR) is 177 cm³/mol. The summed E-state index contributed by atoms with van der Waals surface area (Å²) < 4.78 is -0.398. The standard InChI is InChI=1S/C34H51Si.3ClH.Ti/c1-3-4-5-6-7-8-9-10-11-12-13-14-15-16-17-23-30-35(2,32-25-19-18-20-26-32)34-29-28-31-24-21-22-27-33(31)34;;;;/h18-22,24-29H,3-17,23,30H2,1-2H3;3*1H;/q;;;;+3/p-3. The summed E-state index contributed by atoms with van der Waals surface area (Å²) in [6.07, 6.45) is 26.8. The van der Waals surface area contributed by atoms with Crippen molar-refractivity contribution in [2.24, 2.45) is 0 Å². The Balaban J connectivity index is 1.46. The molecule has 0 aliphatic heterocycles. The third kappa shape index (κ3) is 8.98. The molecule has 0 bridgehead atoms. The molecular weight excluding hydrogens is 591 g/mol. The minimum atomic E-state index is -3.77. The molecule has 5 heteroatoms. The van der Waals surface area contributed by atoms with E-state index in [4.69, 9.17) is 27.9 Å². The van der Waals surface area contributed by atoms with E-state index in [0.29, 0.717) is 0 Å². The van der Waals surface area contributed by atoms with E-state index in [-0.39, 0.29) is 0 Å². The van der Waals surface area contributed by atoms with E-state index < -0.39 is 24.8 Å². The van der Waals surface area contributed by atoms with Gasteiger partial charge in [-0.15, -0.1) is 0 Å². The van der Waals surface area contributed by atoms with Crippen LogP contribution in [0, 0.1) is 0 Å². The first-order valence-corrected chi connectivity index (χ1v) is 25.7. The molecule has 0 fully saturated rings. The Kier molecular flexibility index (Phi) is 14.8. The third-order valence-electron chi connectivity index (χ3n) is 9.16. The zero-order valence-corrected chi connectivity index (χ0v) is 29.3. The van der Waals surface area contributed by atoms with Crippen LogP contribution in [0.1, 0.15) is 121 Å². The van der Waals surface area contributed by atoms with Gasteiger partial charge in [-0.25, -0.2) is 0 Å². The SMILES string of the molecule is CCCCCCCCCCCCCCCCCC[Si](C)(c1ccccc1)[C]1([Ti]([Cl])([Cl])[Cl])C=Cc2ccccc21. The van der Waals surface area contributed by atoms with Gasteiger partial charge in [0.2, 0.25) is 0 Å². The van der Waals surface area contributed by atoms with Crippen LogP contribution in [0.2, 0.25) is 12.6 Å². The average molecular weight is 642 g/mol. The Morgan fingerprint density at radius 2 is 1.08 bits per heavy atom. The molecule has 0 saturated heterocycles. The van der Waals surface area contributed by atoms with Gasteiger partial charge in [0.05, 0.1) is 0 Å². The third-order valence-corrected chi connectivity index (χ3v) is 26.2. The molecule has 0 spiro atoms. The molecule has 0 heterocycles. The molecule has 0 saturated carbocycles. The molecule has 0 N–H and O–H groups in total. The molecule has 2 aromatic rings. The molecule has 1 aliphatic rings. The van der Waals surface area contributed by atoms with E-state index in [9.17, 15) is 0 Å². The summed E-state index contributed by atoms with van der Waals surface area (Å²) in [7, 11) is 19.2. The first-order valence-electron chi connectivity index (χ1n) is 15.8. The van der Waals surface area contributed by atoms with Crippen molar-refractivity contribution in [1.82, 2.24) is 0 Å². The Bertz CT molecular complexity index is 989. The number of allylic oxidation sites excluding steroid dienone is 1. The molecule has 2 unspecified atom stereocenters.